The first kappa shape index (κ1) is 11.8. The fourth-order valence-corrected chi connectivity index (χ4v) is 2.47. The minimum absolute atomic E-state index is 0.363. The number of nitrogens with one attached hydrogen (secondary N) is 1. The molecule has 1 aliphatic rings. The van der Waals surface area contributed by atoms with Crippen LogP contribution < -0.4 is 5.32 Å². The molecule has 0 radical (unpaired) electrons. The zero-order valence-electron chi connectivity index (χ0n) is 10.2. The molecule has 1 aliphatic carbocycles. The molecule has 4 nitrogen and oxygen atoms in total. The highest BCUT2D eigenvalue weighted by atomic mass is 15.0. The minimum atomic E-state index is 0.363. The zero-order valence-corrected chi connectivity index (χ0v) is 10.2. The standard InChI is InChI=1S/C13H18N4/c1-10-3-2-4-11(5-10)7-16-13-9-15-12(6-14)8-17-13/h8-11H,2-5,7H2,1H3,(H,16,17). The van der Waals surface area contributed by atoms with Crippen molar-refractivity contribution in [3.63, 3.8) is 0 Å². The Morgan fingerprint density at radius 1 is 1.41 bits per heavy atom. The second-order valence-electron chi connectivity index (χ2n) is 4.92. The van der Waals surface area contributed by atoms with Crippen molar-refractivity contribution < 1.29 is 0 Å². The van der Waals surface area contributed by atoms with Crippen molar-refractivity contribution >= 4 is 5.82 Å². The Hall–Kier alpha value is -1.63. The number of nitriles is 1. The summed E-state index contributed by atoms with van der Waals surface area (Å²) < 4.78 is 0. The lowest BCUT2D eigenvalue weighted by Gasteiger charge is -2.26. The van der Waals surface area contributed by atoms with Gasteiger partial charge in [0, 0.05) is 6.54 Å². The van der Waals surface area contributed by atoms with Crippen LogP contribution in [-0.2, 0) is 0 Å². The molecule has 1 saturated carbocycles. The maximum atomic E-state index is 8.62. The highest BCUT2D eigenvalue weighted by Gasteiger charge is 2.18. The van der Waals surface area contributed by atoms with E-state index in [0.29, 0.717) is 5.69 Å². The van der Waals surface area contributed by atoms with Crippen LogP contribution in [-0.4, -0.2) is 16.5 Å². The van der Waals surface area contributed by atoms with E-state index in [1.165, 1.54) is 31.9 Å². The molecule has 1 aromatic rings. The average Bonchev–Trinajstić information content (AvgIpc) is 2.37. The van der Waals surface area contributed by atoms with Crippen LogP contribution >= 0.6 is 0 Å². The number of hydrogen-bond donors (Lipinski definition) is 1. The number of nitrogens with zero attached hydrogens (tertiary/aromatic N) is 3. The number of rotatable bonds is 3. The fraction of sp³-hybridized carbons (Fsp3) is 0.615. The van der Waals surface area contributed by atoms with Gasteiger partial charge in [-0.2, -0.15) is 5.26 Å². The molecule has 0 amide bonds. The quantitative estimate of drug-likeness (QED) is 0.867. The van der Waals surface area contributed by atoms with Crippen LogP contribution in [0.5, 0.6) is 0 Å². The van der Waals surface area contributed by atoms with Gasteiger partial charge in [-0.3, -0.25) is 0 Å². The van der Waals surface area contributed by atoms with Crippen LogP contribution in [0.4, 0.5) is 5.82 Å². The zero-order chi connectivity index (χ0) is 12.1. The Labute approximate surface area is 102 Å². The molecular formula is C13H18N4. The van der Waals surface area contributed by atoms with Gasteiger partial charge in [0.1, 0.15) is 11.9 Å². The van der Waals surface area contributed by atoms with Gasteiger partial charge >= 0.3 is 0 Å². The Kier molecular flexibility index (Phi) is 3.92. The molecule has 0 saturated heterocycles. The summed E-state index contributed by atoms with van der Waals surface area (Å²) in [4.78, 5) is 8.15. The Morgan fingerprint density at radius 2 is 2.29 bits per heavy atom. The van der Waals surface area contributed by atoms with Gasteiger partial charge < -0.3 is 5.32 Å². The van der Waals surface area contributed by atoms with Gasteiger partial charge in [0.2, 0.25) is 0 Å². The van der Waals surface area contributed by atoms with Gasteiger partial charge in [0.05, 0.1) is 12.4 Å². The van der Waals surface area contributed by atoms with Gasteiger partial charge in [-0.1, -0.05) is 19.8 Å². The first-order valence-electron chi connectivity index (χ1n) is 6.24. The van der Waals surface area contributed by atoms with Gasteiger partial charge in [-0.25, -0.2) is 9.97 Å². The van der Waals surface area contributed by atoms with Crippen molar-refractivity contribution in [3.05, 3.63) is 18.1 Å². The minimum Gasteiger partial charge on any atom is -0.369 e. The van der Waals surface area contributed by atoms with E-state index in [1.54, 1.807) is 6.20 Å². The van der Waals surface area contributed by atoms with E-state index in [2.05, 4.69) is 22.2 Å². The fourth-order valence-electron chi connectivity index (χ4n) is 2.47. The van der Waals surface area contributed by atoms with E-state index in [4.69, 9.17) is 5.26 Å². The molecule has 90 valence electrons. The predicted octanol–water partition coefficient (Wildman–Crippen LogP) is 2.59. The second kappa shape index (κ2) is 5.62. The molecule has 1 heterocycles. The molecule has 1 aromatic heterocycles. The molecule has 0 aliphatic heterocycles. The molecule has 0 aromatic carbocycles. The number of anilines is 1. The Balaban J connectivity index is 1.83. The maximum Gasteiger partial charge on any atom is 0.158 e. The lowest BCUT2D eigenvalue weighted by atomic mass is 9.82. The molecule has 1 fully saturated rings. The molecule has 17 heavy (non-hydrogen) atoms. The Bertz CT molecular complexity index is 393. The normalized spacial score (nSPS) is 24.0. The van der Waals surface area contributed by atoms with Gasteiger partial charge in [0.15, 0.2) is 5.69 Å². The Morgan fingerprint density at radius 3 is 2.94 bits per heavy atom. The number of hydrogen-bond acceptors (Lipinski definition) is 4. The second-order valence-corrected chi connectivity index (χ2v) is 4.92. The number of aromatic nitrogens is 2. The maximum absolute atomic E-state index is 8.62. The predicted molar refractivity (Wildman–Crippen MR) is 66.4 cm³/mol. The van der Waals surface area contributed by atoms with Gasteiger partial charge in [0.25, 0.3) is 0 Å². The summed E-state index contributed by atoms with van der Waals surface area (Å²) in [5.41, 5.74) is 0.363. The van der Waals surface area contributed by atoms with Crippen LogP contribution in [0.25, 0.3) is 0 Å². The van der Waals surface area contributed by atoms with E-state index in [9.17, 15) is 0 Å². The van der Waals surface area contributed by atoms with Crippen LogP contribution in [0.3, 0.4) is 0 Å². The smallest absolute Gasteiger partial charge is 0.158 e. The van der Waals surface area contributed by atoms with E-state index < -0.39 is 0 Å². The third-order valence-electron chi connectivity index (χ3n) is 3.38. The lowest BCUT2D eigenvalue weighted by molar-refractivity contribution is 0.293. The summed E-state index contributed by atoms with van der Waals surface area (Å²) in [6, 6.07) is 1.96. The van der Waals surface area contributed by atoms with Crippen molar-refractivity contribution in [2.45, 2.75) is 32.6 Å². The van der Waals surface area contributed by atoms with Crippen LogP contribution in [0.15, 0.2) is 12.4 Å². The monoisotopic (exact) mass is 230 g/mol. The molecular weight excluding hydrogens is 212 g/mol. The van der Waals surface area contributed by atoms with Gasteiger partial charge in [-0.15, -0.1) is 0 Å². The molecule has 0 bridgehead atoms. The SMILES string of the molecule is CC1CCCC(CNc2cnc(C#N)cn2)C1. The van der Waals surface area contributed by atoms with E-state index in [-0.39, 0.29) is 0 Å². The first-order chi connectivity index (χ1) is 8.28. The molecule has 0 spiro atoms. The van der Waals surface area contributed by atoms with Crippen LogP contribution in [0.1, 0.15) is 38.3 Å². The van der Waals surface area contributed by atoms with Crippen molar-refractivity contribution in [2.75, 3.05) is 11.9 Å². The van der Waals surface area contributed by atoms with Crippen LogP contribution in [0, 0.1) is 23.2 Å². The summed E-state index contributed by atoms with van der Waals surface area (Å²) in [6.07, 6.45) is 8.45. The highest BCUT2D eigenvalue weighted by Crippen LogP contribution is 2.28. The first-order valence-corrected chi connectivity index (χ1v) is 6.24. The molecule has 2 rings (SSSR count). The highest BCUT2D eigenvalue weighted by molar-refractivity contribution is 5.33. The average molecular weight is 230 g/mol. The van der Waals surface area contributed by atoms with Gasteiger partial charge in [-0.05, 0) is 24.7 Å². The lowest BCUT2D eigenvalue weighted by Crippen LogP contribution is -2.21. The van der Waals surface area contributed by atoms with E-state index in [0.717, 1.165) is 24.2 Å². The summed E-state index contributed by atoms with van der Waals surface area (Å²) in [7, 11) is 0. The van der Waals surface area contributed by atoms with Crippen molar-refractivity contribution in [1.82, 2.24) is 9.97 Å². The van der Waals surface area contributed by atoms with Crippen molar-refractivity contribution in [2.24, 2.45) is 11.8 Å². The molecule has 1 N–H and O–H groups in total. The summed E-state index contributed by atoms with van der Waals surface area (Å²) in [5, 5.41) is 11.9. The molecule has 2 atom stereocenters. The summed E-state index contributed by atoms with van der Waals surface area (Å²) in [5.74, 6) is 2.36. The molecule has 2 unspecified atom stereocenters. The third kappa shape index (κ3) is 3.42. The topological polar surface area (TPSA) is 61.6 Å². The summed E-state index contributed by atoms with van der Waals surface area (Å²) in [6.45, 7) is 3.29. The van der Waals surface area contributed by atoms with E-state index in [1.807, 2.05) is 6.07 Å². The van der Waals surface area contributed by atoms with Crippen molar-refractivity contribution in [1.29, 1.82) is 5.26 Å². The van der Waals surface area contributed by atoms with Crippen molar-refractivity contribution in [3.8, 4) is 6.07 Å². The largest absolute Gasteiger partial charge is 0.369 e. The van der Waals surface area contributed by atoms with Crippen LogP contribution in [0.2, 0.25) is 0 Å². The molecule has 4 heteroatoms. The van der Waals surface area contributed by atoms with E-state index >= 15 is 0 Å². The third-order valence-corrected chi connectivity index (χ3v) is 3.38. The summed E-state index contributed by atoms with van der Waals surface area (Å²) >= 11 is 0.